The van der Waals surface area contributed by atoms with Crippen LogP contribution in [0.1, 0.15) is 46.0 Å². The molecule has 0 radical (unpaired) electrons. The standard InChI is InChI=1S/C11H20O3S/c1-10(2)9(4-8-15(10,13)14)3-5-11(12)6-7-11/h9,12H,3-8H2,1-2H3. The fourth-order valence-corrected chi connectivity index (χ4v) is 4.36. The summed E-state index contributed by atoms with van der Waals surface area (Å²) in [7, 11) is -2.90. The summed E-state index contributed by atoms with van der Waals surface area (Å²) in [6, 6.07) is 0. The molecule has 3 nitrogen and oxygen atoms in total. The van der Waals surface area contributed by atoms with Crippen LogP contribution in [0.4, 0.5) is 0 Å². The van der Waals surface area contributed by atoms with E-state index in [2.05, 4.69) is 0 Å². The average molecular weight is 232 g/mol. The van der Waals surface area contributed by atoms with Crippen LogP contribution >= 0.6 is 0 Å². The molecular formula is C11H20O3S. The lowest BCUT2D eigenvalue weighted by atomic mass is 9.87. The van der Waals surface area contributed by atoms with Crippen molar-refractivity contribution in [2.75, 3.05) is 5.75 Å². The van der Waals surface area contributed by atoms with E-state index in [9.17, 15) is 13.5 Å². The Bertz CT molecular complexity index is 352. The third-order valence-electron chi connectivity index (χ3n) is 4.31. The number of aliphatic hydroxyl groups is 1. The van der Waals surface area contributed by atoms with Gasteiger partial charge in [0.05, 0.1) is 16.1 Å². The Morgan fingerprint density at radius 2 is 1.93 bits per heavy atom. The van der Waals surface area contributed by atoms with Gasteiger partial charge in [-0.05, 0) is 51.9 Å². The first-order chi connectivity index (χ1) is 6.77. The number of hydrogen-bond donors (Lipinski definition) is 1. The second kappa shape index (κ2) is 3.20. The number of sulfone groups is 1. The van der Waals surface area contributed by atoms with Gasteiger partial charge in [-0.25, -0.2) is 8.42 Å². The van der Waals surface area contributed by atoms with Gasteiger partial charge in [0.2, 0.25) is 0 Å². The molecular weight excluding hydrogens is 212 g/mol. The van der Waals surface area contributed by atoms with E-state index in [1.54, 1.807) is 0 Å². The maximum atomic E-state index is 11.8. The Kier molecular flexibility index (Phi) is 2.43. The van der Waals surface area contributed by atoms with Crippen LogP contribution in [0, 0.1) is 5.92 Å². The van der Waals surface area contributed by atoms with Gasteiger partial charge >= 0.3 is 0 Å². The molecule has 1 unspecified atom stereocenters. The Labute approximate surface area is 91.8 Å². The largest absolute Gasteiger partial charge is 0.390 e. The first kappa shape index (κ1) is 11.4. The van der Waals surface area contributed by atoms with Crippen LogP contribution < -0.4 is 0 Å². The van der Waals surface area contributed by atoms with Crippen LogP contribution in [-0.4, -0.2) is 29.6 Å². The van der Waals surface area contributed by atoms with Gasteiger partial charge in [-0.15, -0.1) is 0 Å². The molecule has 0 aromatic carbocycles. The first-order valence-electron chi connectivity index (χ1n) is 5.72. The zero-order valence-corrected chi connectivity index (χ0v) is 10.3. The fraction of sp³-hybridized carbons (Fsp3) is 1.00. The summed E-state index contributed by atoms with van der Waals surface area (Å²) >= 11 is 0. The molecule has 1 saturated heterocycles. The molecule has 1 aliphatic heterocycles. The van der Waals surface area contributed by atoms with Gasteiger partial charge in [0, 0.05) is 0 Å². The smallest absolute Gasteiger partial charge is 0.155 e. The molecule has 0 spiro atoms. The summed E-state index contributed by atoms with van der Waals surface area (Å²) < 4.78 is 23.0. The lowest BCUT2D eigenvalue weighted by molar-refractivity contribution is 0.128. The molecule has 0 bridgehead atoms. The summed E-state index contributed by atoms with van der Waals surface area (Å²) in [5.74, 6) is 0.551. The van der Waals surface area contributed by atoms with E-state index < -0.39 is 20.2 Å². The lowest BCUT2D eigenvalue weighted by Gasteiger charge is -2.26. The normalized spacial score (nSPS) is 35.3. The topological polar surface area (TPSA) is 54.4 Å². The van der Waals surface area contributed by atoms with E-state index in [0.717, 1.165) is 32.1 Å². The molecule has 2 rings (SSSR count). The van der Waals surface area contributed by atoms with Crippen molar-refractivity contribution < 1.29 is 13.5 Å². The van der Waals surface area contributed by atoms with Crippen LogP contribution in [0.25, 0.3) is 0 Å². The summed E-state index contributed by atoms with van der Waals surface area (Å²) in [6.07, 6.45) is 4.19. The van der Waals surface area contributed by atoms with Crippen molar-refractivity contribution in [1.29, 1.82) is 0 Å². The maximum absolute atomic E-state index is 11.8. The minimum Gasteiger partial charge on any atom is -0.390 e. The van der Waals surface area contributed by atoms with Crippen LogP contribution in [-0.2, 0) is 9.84 Å². The van der Waals surface area contributed by atoms with Crippen molar-refractivity contribution in [3.63, 3.8) is 0 Å². The van der Waals surface area contributed by atoms with Gasteiger partial charge in [0.25, 0.3) is 0 Å². The molecule has 15 heavy (non-hydrogen) atoms. The first-order valence-corrected chi connectivity index (χ1v) is 7.37. The summed E-state index contributed by atoms with van der Waals surface area (Å²) in [5.41, 5.74) is -0.442. The minimum atomic E-state index is -2.90. The van der Waals surface area contributed by atoms with Crippen LogP contribution in [0.2, 0.25) is 0 Å². The summed E-state index contributed by atoms with van der Waals surface area (Å²) in [5, 5.41) is 9.74. The molecule has 1 N–H and O–H groups in total. The molecule has 2 aliphatic rings. The fourth-order valence-electron chi connectivity index (χ4n) is 2.49. The molecule has 2 fully saturated rings. The molecule has 4 heteroatoms. The molecule has 1 atom stereocenters. The second-order valence-electron chi connectivity index (χ2n) is 5.67. The third-order valence-corrected chi connectivity index (χ3v) is 7.01. The highest BCUT2D eigenvalue weighted by molar-refractivity contribution is 7.93. The van der Waals surface area contributed by atoms with E-state index in [4.69, 9.17) is 0 Å². The van der Waals surface area contributed by atoms with Gasteiger partial charge in [-0.2, -0.15) is 0 Å². The van der Waals surface area contributed by atoms with E-state index in [1.807, 2.05) is 13.8 Å². The molecule has 0 aromatic rings. The lowest BCUT2D eigenvalue weighted by Crippen LogP contribution is -2.34. The van der Waals surface area contributed by atoms with Gasteiger partial charge in [0.15, 0.2) is 9.84 Å². The molecule has 1 aliphatic carbocycles. The van der Waals surface area contributed by atoms with Crippen LogP contribution in [0.3, 0.4) is 0 Å². The summed E-state index contributed by atoms with van der Waals surface area (Å²) in [4.78, 5) is 0. The zero-order valence-electron chi connectivity index (χ0n) is 9.49. The highest BCUT2D eigenvalue weighted by Crippen LogP contribution is 2.45. The van der Waals surface area contributed by atoms with Crippen LogP contribution in [0.15, 0.2) is 0 Å². The quantitative estimate of drug-likeness (QED) is 0.802. The predicted octanol–water partition coefficient (Wildman–Crippen LogP) is 1.50. The molecule has 88 valence electrons. The second-order valence-corrected chi connectivity index (χ2v) is 8.36. The van der Waals surface area contributed by atoms with E-state index >= 15 is 0 Å². The van der Waals surface area contributed by atoms with Gasteiger partial charge in [-0.1, -0.05) is 0 Å². The van der Waals surface area contributed by atoms with E-state index in [1.165, 1.54) is 0 Å². The zero-order chi connectivity index (χ0) is 11.3. The van der Waals surface area contributed by atoms with E-state index in [-0.39, 0.29) is 5.92 Å². The highest BCUT2D eigenvalue weighted by atomic mass is 32.2. The van der Waals surface area contributed by atoms with Crippen molar-refractivity contribution >= 4 is 9.84 Å². The number of rotatable bonds is 3. The maximum Gasteiger partial charge on any atom is 0.155 e. The molecule has 0 amide bonds. The monoisotopic (exact) mass is 232 g/mol. The summed E-state index contributed by atoms with van der Waals surface area (Å²) in [6.45, 7) is 3.66. The van der Waals surface area contributed by atoms with Crippen LogP contribution in [0.5, 0.6) is 0 Å². The van der Waals surface area contributed by atoms with Gasteiger partial charge in [-0.3, -0.25) is 0 Å². The molecule has 1 saturated carbocycles. The van der Waals surface area contributed by atoms with Crippen molar-refractivity contribution in [1.82, 2.24) is 0 Å². The van der Waals surface area contributed by atoms with Crippen molar-refractivity contribution in [3.05, 3.63) is 0 Å². The van der Waals surface area contributed by atoms with Gasteiger partial charge in [0.1, 0.15) is 0 Å². The SMILES string of the molecule is CC1(C)C(CCC2(O)CC2)CCS1(=O)=O. The Morgan fingerprint density at radius 3 is 2.33 bits per heavy atom. The van der Waals surface area contributed by atoms with E-state index in [0.29, 0.717) is 5.75 Å². The molecule has 1 heterocycles. The Hall–Kier alpha value is -0.0900. The molecule has 0 aromatic heterocycles. The van der Waals surface area contributed by atoms with Crippen molar-refractivity contribution in [2.45, 2.75) is 56.3 Å². The number of hydrogen-bond acceptors (Lipinski definition) is 3. The van der Waals surface area contributed by atoms with Crippen molar-refractivity contribution in [3.8, 4) is 0 Å². The third kappa shape index (κ3) is 1.94. The predicted molar refractivity (Wildman–Crippen MR) is 59.4 cm³/mol. The average Bonchev–Trinajstić information content (AvgIpc) is 2.78. The minimum absolute atomic E-state index is 0.229. The highest BCUT2D eigenvalue weighted by Gasteiger charge is 2.49. The Balaban J connectivity index is 1.99. The van der Waals surface area contributed by atoms with Crippen molar-refractivity contribution in [2.24, 2.45) is 5.92 Å². The van der Waals surface area contributed by atoms with Gasteiger partial charge < -0.3 is 5.11 Å². The Morgan fingerprint density at radius 1 is 1.33 bits per heavy atom.